The maximum absolute atomic E-state index is 11.1. The Morgan fingerprint density at radius 1 is 1.53 bits per heavy atom. The van der Waals surface area contributed by atoms with Crippen LogP contribution in [-0.2, 0) is 11.3 Å². The van der Waals surface area contributed by atoms with Gasteiger partial charge in [0.1, 0.15) is 22.9 Å². The number of hydrogen-bond donors (Lipinski definition) is 0. The molecule has 5 heteroatoms. The van der Waals surface area contributed by atoms with Crippen molar-refractivity contribution >= 4 is 28.4 Å². The first kappa shape index (κ1) is 10.1. The molecular weight excluding hydrogens is 214 g/mol. The predicted molar refractivity (Wildman–Crippen MR) is 58.0 cm³/mol. The first-order chi connectivity index (χ1) is 7.09. The second-order valence-electron chi connectivity index (χ2n) is 3.48. The molecule has 0 aliphatic heterocycles. The minimum absolute atomic E-state index is 0.0883. The van der Waals surface area contributed by atoms with Crippen molar-refractivity contribution in [2.75, 3.05) is 0 Å². The van der Waals surface area contributed by atoms with Gasteiger partial charge in [-0.05, 0) is 19.9 Å². The molecule has 0 saturated heterocycles. The highest BCUT2D eigenvalue weighted by molar-refractivity contribution is 6.33. The lowest BCUT2D eigenvalue weighted by Crippen LogP contribution is -2.08. The molecule has 2 aromatic heterocycles. The molecule has 78 valence electrons. The molecule has 0 radical (unpaired) electrons. The van der Waals surface area contributed by atoms with Crippen LogP contribution >= 0.6 is 11.6 Å². The van der Waals surface area contributed by atoms with E-state index in [9.17, 15) is 4.79 Å². The van der Waals surface area contributed by atoms with E-state index in [0.29, 0.717) is 17.3 Å². The van der Waals surface area contributed by atoms with Crippen LogP contribution in [0.25, 0.3) is 11.0 Å². The van der Waals surface area contributed by atoms with E-state index in [1.165, 1.54) is 6.33 Å². The van der Waals surface area contributed by atoms with Gasteiger partial charge in [-0.2, -0.15) is 0 Å². The fourth-order valence-corrected chi connectivity index (χ4v) is 1.76. The average molecular weight is 224 g/mol. The number of carbonyl (C=O) groups excluding carboxylic acids is 1. The fraction of sp³-hybridized carbons (Fsp3) is 0.300. The van der Waals surface area contributed by atoms with Crippen molar-refractivity contribution in [3.05, 3.63) is 23.2 Å². The Kier molecular flexibility index (Phi) is 2.44. The highest BCUT2D eigenvalue weighted by Crippen LogP contribution is 2.22. The number of rotatable bonds is 2. The van der Waals surface area contributed by atoms with Crippen LogP contribution in [0.5, 0.6) is 0 Å². The number of aryl methyl sites for hydroxylation is 1. The number of aromatic nitrogens is 3. The maximum Gasteiger partial charge on any atom is 0.149 e. The minimum Gasteiger partial charge on any atom is -0.322 e. The van der Waals surface area contributed by atoms with Crippen LogP contribution in [0.15, 0.2) is 12.4 Å². The molecule has 0 aliphatic rings. The lowest BCUT2D eigenvalue weighted by Gasteiger charge is -2.03. The molecule has 0 aromatic carbocycles. The summed E-state index contributed by atoms with van der Waals surface area (Å²) >= 11 is 5.93. The molecule has 15 heavy (non-hydrogen) atoms. The van der Waals surface area contributed by atoms with Crippen LogP contribution in [0.3, 0.4) is 0 Å². The molecule has 0 saturated carbocycles. The monoisotopic (exact) mass is 223 g/mol. The molecule has 2 aromatic rings. The van der Waals surface area contributed by atoms with Crippen LogP contribution < -0.4 is 0 Å². The molecular formula is C10H10ClN3O. The lowest BCUT2D eigenvalue weighted by molar-refractivity contribution is -0.117. The molecule has 0 aliphatic carbocycles. The summed E-state index contributed by atoms with van der Waals surface area (Å²) < 4.78 is 1.84. The summed E-state index contributed by atoms with van der Waals surface area (Å²) in [5.41, 5.74) is 1.67. The quantitative estimate of drug-likeness (QED) is 0.732. The summed E-state index contributed by atoms with van der Waals surface area (Å²) in [6.07, 6.45) is 1.40. The smallest absolute Gasteiger partial charge is 0.149 e. The highest BCUT2D eigenvalue weighted by Gasteiger charge is 2.11. The number of Topliss-reactive ketones (excluding diaryl/α,β-unsaturated/α-hetero) is 1. The van der Waals surface area contributed by atoms with E-state index in [1.807, 2.05) is 17.6 Å². The number of fused-ring (bicyclic) bond motifs is 1. The topological polar surface area (TPSA) is 47.8 Å². The first-order valence-corrected chi connectivity index (χ1v) is 4.93. The molecule has 0 atom stereocenters. The van der Waals surface area contributed by atoms with Crippen molar-refractivity contribution in [3.8, 4) is 0 Å². The fourth-order valence-electron chi connectivity index (χ4n) is 1.58. The van der Waals surface area contributed by atoms with Gasteiger partial charge in [0.2, 0.25) is 0 Å². The normalized spacial score (nSPS) is 10.9. The van der Waals surface area contributed by atoms with Crippen LogP contribution in [0.4, 0.5) is 0 Å². The van der Waals surface area contributed by atoms with Crippen molar-refractivity contribution < 1.29 is 4.79 Å². The Labute approximate surface area is 91.9 Å². The molecule has 2 rings (SSSR count). The molecule has 0 bridgehead atoms. The van der Waals surface area contributed by atoms with Gasteiger partial charge in [0.25, 0.3) is 0 Å². The summed E-state index contributed by atoms with van der Waals surface area (Å²) in [6, 6.07) is 1.89. The zero-order valence-electron chi connectivity index (χ0n) is 8.49. The van der Waals surface area contributed by atoms with E-state index in [4.69, 9.17) is 11.6 Å². The number of nitrogens with zero attached hydrogens (tertiary/aromatic N) is 3. The van der Waals surface area contributed by atoms with Crippen LogP contribution in [-0.4, -0.2) is 20.3 Å². The highest BCUT2D eigenvalue weighted by atomic mass is 35.5. The summed E-state index contributed by atoms with van der Waals surface area (Å²) in [4.78, 5) is 19.1. The number of carbonyl (C=O) groups is 1. The summed E-state index contributed by atoms with van der Waals surface area (Å²) in [6.45, 7) is 3.79. The Morgan fingerprint density at radius 2 is 2.27 bits per heavy atom. The molecule has 0 spiro atoms. The molecule has 4 nitrogen and oxygen atoms in total. The zero-order chi connectivity index (χ0) is 11.0. The van der Waals surface area contributed by atoms with E-state index < -0.39 is 0 Å². The Bertz CT molecular complexity index is 533. The van der Waals surface area contributed by atoms with Crippen molar-refractivity contribution in [3.63, 3.8) is 0 Å². The van der Waals surface area contributed by atoms with Gasteiger partial charge in [0.05, 0.1) is 11.9 Å². The SMILES string of the molecule is CC(=O)Cn1c(C)cc2c(Cl)ncnc21. The van der Waals surface area contributed by atoms with Crippen LogP contribution in [0.2, 0.25) is 5.15 Å². The summed E-state index contributed by atoms with van der Waals surface area (Å²) in [7, 11) is 0. The van der Waals surface area contributed by atoms with E-state index in [-0.39, 0.29) is 5.78 Å². The van der Waals surface area contributed by atoms with Gasteiger partial charge < -0.3 is 4.57 Å². The maximum atomic E-state index is 11.1. The number of hydrogen-bond acceptors (Lipinski definition) is 3. The van der Waals surface area contributed by atoms with Crippen LogP contribution in [0, 0.1) is 6.92 Å². The second kappa shape index (κ2) is 3.62. The average Bonchev–Trinajstić information content (AvgIpc) is 2.45. The van der Waals surface area contributed by atoms with Crippen LogP contribution in [0.1, 0.15) is 12.6 Å². The Hall–Kier alpha value is -1.42. The Balaban J connectivity index is 2.68. The van der Waals surface area contributed by atoms with Gasteiger partial charge >= 0.3 is 0 Å². The van der Waals surface area contributed by atoms with Crippen molar-refractivity contribution in [2.24, 2.45) is 0 Å². The standard InChI is InChI=1S/C10H10ClN3O/c1-6-3-8-9(11)12-5-13-10(8)14(6)4-7(2)15/h3,5H,4H2,1-2H3. The van der Waals surface area contributed by atoms with E-state index in [0.717, 1.165) is 11.1 Å². The molecule has 0 amide bonds. The van der Waals surface area contributed by atoms with Crippen molar-refractivity contribution in [1.82, 2.24) is 14.5 Å². The van der Waals surface area contributed by atoms with Crippen molar-refractivity contribution in [2.45, 2.75) is 20.4 Å². The lowest BCUT2D eigenvalue weighted by atomic mass is 10.4. The largest absolute Gasteiger partial charge is 0.322 e. The molecule has 2 heterocycles. The number of ketones is 1. The van der Waals surface area contributed by atoms with E-state index in [2.05, 4.69) is 9.97 Å². The number of halogens is 1. The summed E-state index contributed by atoms with van der Waals surface area (Å²) in [5.74, 6) is 0.0883. The Morgan fingerprint density at radius 3 is 2.93 bits per heavy atom. The predicted octanol–water partition coefficient (Wildman–Crippen LogP) is 1.98. The molecule has 0 N–H and O–H groups in total. The first-order valence-electron chi connectivity index (χ1n) is 4.55. The van der Waals surface area contributed by atoms with Gasteiger partial charge in [-0.15, -0.1) is 0 Å². The third-order valence-electron chi connectivity index (χ3n) is 2.23. The zero-order valence-corrected chi connectivity index (χ0v) is 9.25. The molecule has 0 unspecified atom stereocenters. The van der Waals surface area contributed by atoms with Gasteiger partial charge in [-0.3, -0.25) is 4.79 Å². The third-order valence-corrected chi connectivity index (χ3v) is 2.53. The third kappa shape index (κ3) is 1.72. The second-order valence-corrected chi connectivity index (χ2v) is 3.83. The van der Waals surface area contributed by atoms with Crippen molar-refractivity contribution in [1.29, 1.82) is 0 Å². The summed E-state index contributed by atoms with van der Waals surface area (Å²) in [5, 5.41) is 1.21. The van der Waals surface area contributed by atoms with E-state index >= 15 is 0 Å². The van der Waals surface area contributed by atoms with Gasteiger partial charge in [0, 0.05) is 5.69 Å². The molecule has 0 fully saturated rings. The van der Waals surface area contributed by atoms with Gasteiger partial charge in [0.15, 0.2) is 0 Å². The minimum atomic E-state index is 0.0883. The van der Waals surface area contributed by atoms with E-state index in [1.54, 1.807) is 6.92 Å². The van der Waals surface area contributed by atoms with Gasteiger partial charge in [-0.1, -0.05) is 11.6 Å². The van der Waals surface area contributed by atoms with Gasteiger partial charge in [-0.25, -0.2) is 9.97 Å².